The molecule has 0 aliphatic heterocycles. The van der Waals surface area contributed by atoms with Crippen LogP contribution in [0.25, 0.3) is 0 Å². The summed E-state index contributed by atoms with van der Waals surface area (Å²) < 4.78 is 0. The molecule has 1 N–H and O–H groups in total. The summed E-state index contributed by atoms with van der Waals surface area (Å²) in [5.74, 6) is 2.95. The third kappa shape index (κ3) is 2.80. The highest BCUT2D eigenvalue weighted by molar-refractivity contribution is 9.09. The topological polar surface area (TPSA) is 20.2 Å². The van der Waals surface area contributed by atoms with Crippen molar-refractivity contribution in [3.05, 3.63) is 0 Å². The first-order valence-corrected chi connectivity index (χ1v) is 5.41. The highest BCUT2D eigenvalue weighted by Gasteiger charge is 2.24. The lowest BCUT2D eigenvalue weighted by molar-refractivity contribution is 0.0906. The van der Waals surface area contributed by atoms with Crippen molar-refractivity contribution in [3.8, 4) is 12.3 Å². The summed E-state index contributed by atoms with van der Waals surface area (Å²) in [5, 5.41) is 9.60. The van der Waals surface area contributed by atoms with Gasteiger partial charge in [0.05, 0.1) is 6.10 Å². The number of hydrogen-bond donors (Lipinski definition) is 1. The maximum Gasteiger partial charge on any atom is 0.0677 e. The SMILES string of the molecule is C#CCC(O)C1CCC(Br)CC1. The van der Waals surface area contributed by atoms with E-state index in [-0.39, 0.29) is 6.10 Å². The number of aliphatic hydroxyl groups is 1. The van der Waals surface area contributed by atoms with Gasteiger partial charge in [0.25, 0.3) is 0 Å². The summed E-state index contributed by atoms with van der Waals surface area (Å²) in [7, 11) is 0. The number of hydrogen-bond acceptors (Lipinski definition) is 1. The second-order valence-electron chi connectivity index (χ2n) is 3.49. The Kier molecular flexibility index (Phi) is 4.11. The molecule has 0 bridgehead atoms. The molecule has 68 valence electrons. The van der Waals surface area contributed by atoms with Crippen molar-refractivity contribution in [1.82, 2.24) is 0 Å². The van der Waals surface area contributed by atoms with E-state index < -0.39 is 0 Å². The van der Waals surface area contributed by atoms with Crippen LogP contribution in [0.15, 0.2) is 0 Å². The molecule has 0 spiro atoms. The zero-order valence-electron chi connectivity index (χ0n) is 7.17. The van der Waals surface area contributed by atoms with Gasteiger partial charge in [-0.3, -0.25) is 0 Å². The van der Waals surface area contributed by atoms with Crippen LogP contribution < -0.4 is 0 Å². The van der Waals surface area contributed by atoms with Crippen molar-refractivity contribution in [1.29, 1.82) is 0 Å². The molecule has 1 aliphatic carbocycles. The van der Waals surface area contributed by atoms with E-state index in [0.29, 0.717) is 17.2 Å². The highest BCUT2D eigenvalue weighted by atomic mass is 79.9. The maximum absolute atomic E-state index is 9.60. The first kappa shape index (κ1) is 10.1. The minimum absolute atomic E-state index is 0.269. The molecule has 0 radical (unpaired) electrons. The molecular formula is C10H15BrO. The van der Waals surface area contributed by atoms with Gasteiger partial charge in [0.2, 0.25) is 0 Å². The van der Waals surface area contributed by atoms with Crippen LogP contribution in [0.3, 0.4) is 0 Å². The molecule has 1 rings (SSSR count). The maximum atomic E-state index is 9.60. The lowest BCUT2D eigenvalue weighted by atomic mass is 9.84. The minimum atomic E-state index is -0.269. The van der Waals surface area contributed by atoms with Crippen LogP contribution in [0.5, 0.6) is 0 Å². The molecule has 1 unspecified atom stereocenters. The van der Waals surface area contributed by atoms with Gasteiger partial charge in [-0.1, -0.05) is 15.9 Å². The fourth-order valence-corrected chi connectivity index (χ4v) is 2.28. The number of rotatable bonds is 2. The Labute approximate surface area is 82.7 Å². The van der Waals surface area contributed by atoms with Crippen molar-refractivity contribution in [2.45, 2.75) is 43.0 Å². The number of aliphatic hydroxyl groups excluding tert-OH is 1. The monoisotopic (exact) mass is 230 g/mol. The van der Waals surface area contributed by atoms with E-state index in [0.717, 1.165) is 12.8 Å². The average Bonchev–Trinajstić information content (AvgIpc) is 2.06. The molecule has 1 nitrogen and oxygen atoms in total. The molecule has 1 saturated carbocycles. The van der Waals surface area contributed by atoms with E-state index in [1.165, 1.54) is 12.8 Å². The summed E-state index contributed by atoms with van der Waals surface area (Å²) in [5.41, 5.74) is 0. The Morgan fingerprint density at radius 3 is 2.50 bits per heavy atom. The van der Waals surface area contributed by atoms with Crippen LogP contribution in [-0.4, -0.2) is 16.0 Å². The largest absolute Gasteiger partial charge is 0.392 e. The highest BCUT2D eigenvalue weighted by Crippen LogP contribution is 2.31. The molecule has 12 heavy (non-hydrogen) atoms. The third-order valence-electron chi connectivity index (χ3n) is 2.57. The fraction of sp³-hybridized carbons (Fsp3) is 0.800. The van der Waals surface area contributed by atoms with Crippen molar-refractivity contribution >= 4 is 15.9 Å². The van der Waals surface area contributed by atoms with E-state index >= 15 is 0 Å². The normalized spacial score (nSPS) is 32.4. The zero-order valence-corrected chi connectivity index (χ0v) is 8.76. The summed E-state index contributed by atoms with van der Waals surface area (Å²) in [6.45, 7) is 0. The molecule has 0 heterocycles. The van der Waals surface area contributed by atoms with Gasteiger partial charge < -0.3 is 5.11 Å². The predicted molar refractivity (Wildman–Crippen MR) is 54.1 cm³/mol. The minimum Gasteiger partial charge on any atom is -0.392 e. The molecule has 0 saturated heterocycles. The van der Waals surface area contributed by atoms with Crippen molar-refractivity contribution in [2.75, 3.05) is 0 Å². The van der Waals surface area contributed by atoms with E-state index in [4.69, 9.17) is 6.42 Å². The van der Waals surface area contributed by atoms with Crippen LogP contribution in [0.1, 0.15) is 32.1 Å². The average molecular weight is 231 g/mol. The van der Waals surface area contributed by atoms with Gasteiger partial charge in [0.15, 0.2) is 0 Å². The van der Waals surface area contributed by atoms with Gasteiger partial charge in [-0.2, -0.15) is 0 Å². The van der Waals surface area contributed by atoms with Crippen molar-refractivity contribution in [3.63, 3.8) is 0 Å². The summed E-state index contributed by atoms with van der Waals surface area (Å²) in [4.78, 5) is 0.659. The van der Waals surface area contributed by atoms with Gasteiger partial charge in [0, 0.05) is 11.2 Å². The molecule has 0 aromatic heterocycles. The smallest absolute Gasteiger partial charge is 0.0677 e. The van der Waals surface area contributed by atoms with Crippen LogP contribution in [0.2, 0.25) is 0 Å². The molecule has 1 aliphatic rings. The van der Waals surface area contributed by atoms with Gasteiger partial charge in [-0.05, 0) is 31.6 Å². The van der Waals surface area contributed by atoms with Gasteiger partial charge in [0.1, 0.15) is 0 Å². The summed E-state index contributed by atoms with van der Waals surface area (Å²) >= 11 is 3.58. The van der Waals surface area contributed by atoms with E-state index in [2.05, 4.69) is 21.9 Å². The molecule has 1 atom stereocenters. The van der Waals surface area contributed by atoms with Gasteiger partial charge in [-0.25, -0.2) is 0 Å². The zero-order chi connectivity index (χ0) is 8.97. The second-order valence-corrected chi connectivity index (χ2v) is 4.78. The molecule has 1 fully saturated rings. The number of halogens is 1. The quantitative estimate of drug-likeness (QED) is 0.571. The third-order valence-corrected chi connectivity index (χ3v) is 3.49. The standard InChI is InChI=1S/C10H15BrO/c1-2-3-10(12)8-4-6-9(11)7-5-8/h1,8-10,12H,3-7H2. The molecule has 2 heteroatoms. The van der Waals surface area contributed by atoms with Crippen LogP contribution in [-0.2, 0) is 0 Å². The molecule has 0 aromatic carbocycles. The molecular weight excluding hydrogens is 216 g/mol. The number of alkyl halides is 1. The van der Waals surface area contributed by atoms with E-state index in [9.17, 15) is 5.11 Å². The van der Waals surface area contributed by atoms with Crippen molar-refractivity contribution < 1.29 is 5.11 Å². The van der Waals surface area contributed by atoms with Gasteiger partial charge in [-0.15, -0.1) is 12.3 Å². The van der Waals surface area contributed by atoms with Crippen LogP contribution >= 0.6 is 15.9 Å². The Morgan fingerprint density at radius 1 is 1.42 bits per heavy atom. The Balaban J connectivity index is 2.30. The fourth-order valence-electron chi connectivity index (χ4n) is 1.75. The number of terminal acetylenes is 1. The second kappa shape index (κ2) is 4.89. The first-order chi connectivity index (χ1) is 5.74. The van der Waals surface area contributed by atoms with E-state index in [1.807, 2.05) is 0 Å². The van der Waals surface area contributed by atoms with Crippen LogP contribution in [0, 0.1) is 18.3 Å². The predicted octanol–water partition coefficient (Wildman–Crippen LogP) is 2.32. The summed E-state index contributed by atoms with van der Waals surface area (Å²) in [6, 6.07) is 0. The molecule has 0 amide bonds. The molecule has 0 aromatic rings. The Morgan fingerprint density at radius 2 is 2.00 bits per heavy atom. The van der Waals surface area contributed by atoms with Crippen molar-refractivity contribution in [2.24, 2.45) is 5.92 Å². The van der Waals surface area contributed by atoms with Crippen LogP contribution in [0.4, 0.5) is 0 Å². The Bertz CT molecular complexity index is 165. The lowest BCUT2D eigenvalue weighted by Gasteiger charge is -2.28. The Hall–Kier alpha value is 0. The lowest BCUT2D eigenvalue weighted by Crippen LogP contribution is -2.25. The first-order valence-electron chi connectivity index (χ1n) is 4.49. The summed E-state index contributed by atoms with van der Waals surface area (Å²) in [6.07, 6.45) is 9.95. The van der Waals surface area contributed by atoms with Gasteiger partial charge >= 0.3 is 0 Å². The van der Waals surface area contributed by atoms with E-state index in [1.54, 1.807) is 0 Å².